The number of piperidine rings is 1. The van der Waals surface area contributed by atoms with Crippen LogP contribution in [-0.4, -0.2) is 23.6 Å². The molecular weight excluding hydrogens is 242 g/mol. The molecule has 1 aromatic rings. The van der Waals surface area contributed by atoms with E-state index in [4.69, 9.17) is 0 Å². The molecule has 1 N–H and O–H groups in total. The maximum atomic E-state index is 4.58. The Hall–Kier alpha value is -0.610. The van der Waals surface area contributed by atoms with Gasteiger partial charge in [0.25, 0.3) is 0 Å². The zero-order valence-corrected chi connectivity index (χ0v) is 12.8. The summed E-state index contributed by atoms with van der Waals surface area (Å²) >= 11 is 1.83. The summed E-state index contributed by atoms with van der Waals surface area (Å²) in [5.41, 5.74) is 0.170. The molecular formula is C14H25N3S. The smallest absolute Gasteiger partial charge is 0.185 e. The standard InChI is InChI=1S/C14H25N3S/c1-11-6-5-7-17(10-11)13-15-8-12(18-13)9-16-14(2,3)4/h8,11,16H,5-7,9-10H2,1-4H3. The lowest BCUT2D eigenvalue weighted by Gasteiger charge is -2.30. The lowest BCUT2D eigenvalue weighted by atomic mass is 10.0. The highest BCUT2D eigenvalue weighted by Gasteiger charge is 2.19. The number of thiazole rings is 1. The van der Waals surface area contributed by atoms with Crippen molar-refractivity contribution in [3.05, 3.63) is 11.1 Å². The van der Waals surface area contributed by atoms with E-state index in [0.717, 1.165) is 12.5 Å². The summed E-state index contributed by atoms with van der Waals surface area (Å²) in [6.07, 6.45) is 4.69. The molecule has 2 rings (SSSR count). The summed E-state index contributed by atoms with van der Waals surface area (Å²) in [5, 5.41) is 4.72. The minimum absolute atomic E-state index is 0.170. The molecule has 0 bridgehead atoms. The van der Waals surface area contributed by atoms with Crippen LogP contribution in [0.25, 0.3) is 0 Å². The van der Waals surface area contributed by atoms with Crippen LogP contribution >= 0.6 is 11.3 Å². The van der Waals surface area contributed by atoms with E-state index in [1.807, 2.05) is 17.5 Å². The SMILES string of the molecule is CC1CCCN(c2ncc(CNC(C)(C)C)s2)C1. The topological polar surface area (TPSA) is 28.2 Å². The molecule has 4 heteroatoms. The van der Waals surface area contributed by atoms with Gasteiger partial charge in [0.1, 0.15) is 0 Å². The van der Waals surface area contributed by atoms with E-state index in [2.05, 4.69) is 42.9 Å². The van der Waals surface area contributed by atoms with Crippen LogP contribution in [0.15, 0.2) is 6.20 Å². The number of hydrogen-bond acceptors (Lipinski definition) is 4. The summed E-state index contributed by atoms with van der Waals surface area (Å²) in [6, 6.07) is 0. The largest absolute Gasteiger partial charge is 0.348 e. The minimum Gasteiger partial charge on any atom is -0.348 e. The molecule has 1 saturated heterocycles. The lowest BCUT2D eigenvalue weighted by Crippen LogP contribution is -2.34. The third-order valence-corrected chi connectivity index (χ3v) is 4.32. The molecule has 0 saturated carbocycles. The number of rotatable bonds is 3. The maximum Gasteiger partial charge on any atom is 0.185 e. The van der Waals surface area contributed by atoms with E-state index in [9.17, 15) is 0 Å². The third kappa shape index (κ3) is 3.95. The first kappa shape index (κ1) is 13.8. The molecule has 18 heavy (non-hydrogen) atoms. The van der Waals surface area contributed by atoms with Crippen LogP contribution in [0, 0.1) is 5.92 Å². The Balaban J connectivity index is 1.93. The van der Waals surface area contributed by atoms with Crippen LogP contribution in [-0.2, 0) is 6.54 Å². The lowest BCUT2D eigenvalue weighted by molar-refractivity contribution is 0.426. The fraction of sp³-hybridized carbons (Fsp3) is 0.786. The molecule has 3 nitrogen and oxygen atoms in total. The predicted molar refractivity (Wildman–Crippen MR) is 79.3 cm³/mol. The van der Waals surface area contributed by atoms with E-state index in [1.165, 1.54) is 35.9 Å². The van der Waals surface area contributed by atoms with Crippen molar-refractivity contribution in [3.8, 4) is 0 Å². The Labute approximate surface area is 115 Å². The van der Waals surface area contributed by atoms with Crippen LogP contribution < -0.4 is 10.2 Å². The van der Waals surface area contributed by atoms with E-state index >= 15 is 0 Å². The number of aromatic nitrogens is 1. The highest BCUT2D eigenvalue weighted by Crippen LogP contribution is 2.27. The second kappa shape index (κ2) is 5.57. The van der Waals surface area contributed by atoms with Gasteiger partial charge in [-0.3, -0.25) is 0 Å². The van der Waals surface area contributed by atoms with Crippen molar-refractivity contribution in [3.63, 3.8) is 0 Å². The van der Waals surface area contributed by atoms with Crippen molar-refractivity contribution in [2.45, 2.75) is 52.6 Å². The molecule has 1 aromatic heterocycles. The van der Waals surface area contributed by atoms with Crippen molar-refractivity contribution >= 4 is 16.5 Å². The third-order valence-electron chi connectivity index (χ3n) is 3.26. The molecule has 0 aliphatic carbocycles. The zero-order chi connectivity index (χ0) is 13.2. The Bertz CT molecular complexity index is 381. The van der Waals surface area contributed by atoms with Crippen molar-refractivity contribution in [1.82, 2.24) is 10.3 Å². The second-order valence-electron chi connectivity index (χ2n) is 6.41. The van der Waals surface area contributed by atoms with E-state index < -0.39 is 0 Å². The summed E-state index contributed by atoms with van der Waals surface area (Å²) in [5.74, 6) is 0.804. The van der Waals surface area contributed by atoms with Crippen molar-refractivity contribution in [2.75, 3.05) is 18.0 Å². The van der Waals surface area contributed by atoms with Gasteiger partial charge in [-0.1, -0.05) is 6.92 Å². The van der Waals surface area contributed by atoms with Gasteiger partial charge in [0.05, 0.1) is 0 Å². The molecule has 1 aliphatic heterocycles. The molecule has 1 atom stereocenters. The number of anilines is 1. The van der Waals surface area contributed by atoms with Crippen LogP contribution in [0.4, 0.5) is 5.13 Å². The van der Waals surface area contributed by atoms with Crippen LogP contribution in [0.2, 0.25) is 0 Å². The van der Waals surface area contributed by atoms with Crippen molar-refractivity contribution < 1.29 is 0 Å². The first-order chi connectivity index (χ1) is 8.44. The normalized spacial score (nSPS) is 21.3. The summed E-state index contributed by atoms with van der Waals surface area (Å²) in [4.78, 5) is 8.35. The van der Waals surface area contributed by atoms with Gasteiger partial charge >= 0.3 is 0 Å². The van der Waals surface area contributed by atoms with Crippen LogP contribution in [0.5, 0.6) is 0 Å². The first-order valence-corrected chi connectivity index (χ1v) is 7.70. The minimum atomic E-state index is 0.170. The van der Waals surface area contributed by atoms with E-state index in [1.54, 1.807) is 0 Å². The summed E-state index contributed by atoms with van der Waals surface area (Å²) in [7, 11) is 0. The molecule has 0 spiro atoms. The predicted octanol–water partition coefficient (Wildman–Crippen LogP) is 3.27. The van der Waals surface area contributed by atoms with Gasteiger partial charge in [-0.25, -0.2) is 4.98 Å². The van der Waals surface area contributed by atoms with Crippen LogP contribution in [0.3, 0.4) is 0 Å². The fourth-order valence-electron chi connectivity index (χ4n) is 2.24. The Morgan fingerprint density at radius 2 is 2.28 bits per heavy atom. The van der Waals surface area contributed by atoms with Crippen LogP contribution in [0.1, 0.15) is 45.4 Å². The second-order valence-corrected chi connectivity index (χ2v) is 7.50. The van der Waals surface area contributed by atoms with Gasteiger partial charge < -0.3 is 10.2 Å². The van der Waals surface area contributed by atoms with E-state index in [0.29, 0.717) is 0 Å². The average Bonchev–Trinajstić information content (AvgIpc) is 2.74. The Morgan fingerprint density at radius 1 is 1.50 bits per heavy atom. The van der Waals surface area contributed by atoms with Crippen molar-refractivity contribution in [1.29, 1.82) is 0 Å². The van der Waals surface area contributed by atoms with Gasteiger partial charge in [-0.05, 0) is 39.5 Å². The Kier molecular flexibility index (Phi) is 4.28. The van der Waals surface area contributed by atoms with E-state index in [-0.39, 0.29) is 5.54 Å². The number of nitrogens with one attached hydrogen (secondary N) is 1. The van der Waals surface area contributed by atoms with Gasteiger partial charge in [0.2, 0.25) is 0 Å². The first-order valence-electron chi connectivity index (χ1n) is 6.89. The maximum absolute atomic E-state index is 4.58. The fourth-order valence-corrected chi connectivity index (χ4v) is 3.13. The summed E-state index contributed by atoms with van der Waals surface area (Å²) < 4.78 is 0. The highest BCUT2D eigenvalue weighted by atomic mass is 32.1. The van der Waals surface area contributed by atoms with Gasteiger partial charge in [0, 0.05) is 36.2 Å². The molecule has 2 heterocycles. The highest BCUT2D eigenvalue weighted by molar-refractivity contribution is 7.15. The van der Waals surface area contributed by atoms with Gasteiger partial charge in [0.15, 0.2) is 5.13 Å². The average molecular weight is 267 g/mol. The zero-order valence-electron chi connectivity index (χ0n) is 12.0. The summed E-state index contributed by atoms with van der Waals surface area (Å²) in [6.45, 7) is 12.2. The van der Waals surface area contributed by atoms with Gasteiger partial charge in [-0.2, -0.15) is 0 Å². The Morgan fingerprint density at radius 3 is 2.94 bits per heavy atom. The van der Waals surface area contributed by atoms with Crippen molar-refractivity contribution in [2.24, 2.45) is 5.92 Å². The molecule has 0 aromatic carbocycles. The molecule has 1 aliphatic rings. The molecule has 1 unspecified atom stereocenters. The monoisotopic (exact) mass is 267 g/mol. The quantitative estimate of drug-likeness (QED) is 0.911. The molecule has 1 fully saturated rings. The van der Waals surface area contributed by atoms with Gasteiger partial charge in [-0.15, -0.1) is 11.3 Å². The molecule has 0 radical (unpaired) electrons. The molecule has 102 valence electrons. The molecule has 0 amide bonds. The number of hydrogen-bond donors (Lipinski definition) is 1. The number of nitrogens with zero attached hydrogens (tertiary/aromatic N) is 2.